The van der Waals surface area contributed by atoms with Crippen LogP contribution < -0.4 is 14.8 Å². The maximum atomic E-state index is 13.8. The van der Waals surface area contributed by atoms with Crippen molar-refractivity contribution in [3.63, 3.8) is 0 Å². The van der Waals surface area contributed by atoms with E-state index in [4.69, 9.17) is 14.2 Å². The molecule has 2 aliphatic rings. The van der Waals surface area contributed by atoms with E-state index >= 15 is 0 Å². The van der Waals surface area contributed by atoms with Gasteiger partial charge in [0.05, 0.1) is 25.7 Å². The minimum atomic E-state index is -0.638. The summed E-state index contributed by atoms with van der Waals surface area (Å²) in [4.78, 5) is 28.6. The molecule has 2 aromatic carbocycles. The number of ketones is 1. The third-order valence-corrected chi connectivity index (χ3v) is 7.99. The lowest BCUT2D eigenvalue weighted by molar-refractivity contribution is -0.140. The van der Waals surface area contributed by atoms with Gasteiger partial charge in [0.15, 0.2) is 17.3 Å². The Bertz CT molecular complexity index is 1370. The number of hydrogen-bond donors (Lipinski definition) is 1. The Hall–Kier alpha value is -3.84. The number of allylic oxidation sites excluding steroid dienone is 3. The van der Waals surface area contributed by atoms with Crippen LogP contribution >= 0.6 is 11.3 Å². The number of carbonyl (C=O) groups is 2. The molecule has 0 amide bonds. The number of ether oxygens (including phenoxy) is 3. The van der Waals surface area contributed by atoms with E-state index in [1.165, 1.54) is 4.88 Å². The number of hydrogen-bond acceptors (Lipinski definition) is 7. The van der Waals surface area contributed by atoms with E-state index in [1.54, 1.807) is 31.6 Å². The van der Waals surface area contributed by atoms with Crippen LogP contribution in [0.4, 0.5) is 0 Å². The van der Waals surface area contributed by atoms with Gasteiger partial charge in [-0.05, 0) is 36.4 Å². The number of para-hydroxylation sites is 1. The van der Waals surface area contributed by atoms with Crippen LogP contribution in [0.3, 0.4) is 0 Å². The lowest BCUT2D eigenvalue weighted by Crippen LogP contribution is -2.36. The normalized spacial score (nSPS) is 19.3. The predicted octanol–water partition coefficient (Wildman–Crippen LogP) is 5.87. The number of thiophene rings is 1. The average Bonchev–Trinajstić information content (AvgIpc) is 3.46. The van der Waals surface area contributed by atoms with Gasteiger partial charge in [0.2, 0.25) is 0 Å². The smallest absolute Gasteiger partial charge is 0.337 e. The summed E-state index contributed by atoms with van der Waals surface area (Å²) in [5.74, 6) is 0.0480. The molecule has 37 heavy (non-hydrogen) atoms. The highest BCUT2D eigenvalue weighted by molar-refractivity contribution is 7.10. The number of nitrogens with one attached hydrogen (secondary N) is 1. The molecule has 0 spiro atoms. The van der Waals surface area contributed by atoms with E-state index in [-0.39, 0.29) is 18.3 Å². The Morgan fingerprint density at radius 2 is 1.81 bits per heavy atom. The number of benzene rings is 2. The zero-order valence-electron chi connectivity index (χ0n) is 21.1. The van der Waals surface area contributed by atoms with Crippen LogP contribution in [0.5, 0.6) is 11.5 Å². The molecule has 5 rings (SSSR count). The van der Waals surface area contributed by atoms with Crippen LogP contribution in [0, 0.1) is 0 Å². The third-order valence-electron chi connectivity index (χ3n) is 6.95. The molecule has 0 saturated heterocycles. The molecule has 0 saturated carbocycles. The summed E-state index contributed by atoms with van der Waals surface area (Å²) in [7, 11) is 3.14. The van der Waals surface area contributed by atoms with Crippen LogP contribution in [-0.4, -0.2) is 26.0 Å². The highest BCUT2D eigenvalue weighted by Gasteiger charge is 2.43. The summed E-state index contributed by atoms with van der Waals surface area (Å²) in [5, 5.41) is 5.44. The molecule has 0 fully saturated rings. The second kappa shape index (κ2) is 10.6. The number of methoxy groups -OCH3 is 2. The van der Waals surface area contributed by atoms with Crippen molar-refractivity contribution in [2.75, 3.05) is 14.2 Å². The second-order valence-electron chi connectivity index (χ2n) is 9.18. The summed E-state index contributed by atoms with van der Waals surface area (Å²) in [6.45, 7) is 2.00. The van der Waals surface area contributed by atoms with Gasteiger partial charge in [0.25, 0.3) is 0 Å². The zero-order valence-corrected chi connectivity index (χ0v) is 21.9. The fourth-order valence-corrected chi connectivity index (χ4v) is 6.12. The number of dihydropyridines is 1. The highest BCUT2D eigenvalue weighted by Crippen LogP contribution is 2.49. The van der Waals surface area contributed by atoms with Crippen LogP contribution in [0.15, 0.2) is 88.6 Å². The zero-order chi connectivity index (χ0) is 25.9. The Balaban J connectivity index is 1.58. The fraction of sp³-hybridized carbons (Fsp3) is 0.267. The molecule has 1 aromatic heterocycles. The molecule has 7 heteroatoms. The average molecular weight is 516 g/mol. The first-order valence-electron chi connectivity index (χ1n) is 12.2. The van der Waals surface area contributed by atoms with Crippen molar-refractivity contribution in [3.05, 3.63) is 105 Å². The fourth-order valence-electron chi connectivity index (χ4n) is 5.29. The molecule has 0 radical (unpaired) electrons. The molecule has 190 valence electrons. The van der Waals surface area contributed by atoms with Crippen LogP contribution in [-0.2, 0) is 20.9 Å². The molecule has 3 aromatic rings. The SMILES string of the molecule is COc1cccc([C@H]2C(C(=O)OCc3ccccc3)=C(C)NC3=C2C(=O)C[C@@H](c2cccs2)C3)c1OC. The van der Waals surface area contributed by atoms with Gasteiger partial charge in [-0.2, -0.15) is 0 Å². The largest absolute Gasteiger partial charge is 0.493 e. The predicted molar refractivity (Wildman–Crippen MR) is 143 cm³/mol. The van der Waals surface area contributed by atoms with Crippen molar-refractivity contribution in [3.8, 4) is 11.5 Å². The van der Waals surface area contributed by atoms with E-state index < -0.39 is 11.9 Å². The van der Waals surface area contributed by atoms with E-state index in [0.717, 1.165) is 11.3 Å². The first-order valence-corrected chi connectivity index (χ1v) is 13.1. The maximum absolute atomic E-state index is 13.8. The van der Waals surface area contributed by atoms with Gasteiger partial charge in [-0.1, -0.05) is 48.5 Å². The minimum Gasteiger partial charge on any atom is -0.493 e. The topological polar surface area (TPSA) is 73.9 Å². The van der Waals surface area contributed by atoms with Gasteiger partial charge in [-0.3, -0.25) is 4.79 Å². The van der Waals surface area contributed by atoms with Crippen molar-refractivity contribution in [2.24, 2.45) is 0 Å². The Labute approximate surface area is 220 Å². The van der Waals surface area contributed by atoms with Crippen molar-refractivity contribution >= 4 is 23.1 Å². The summed E-state index contributed by atoms with van der Waals surface area (Å²) >= 11 is 1.66. The van der Waals surface area contributed by atoms with E-state index in [0.29, 0.717) is 46.7 Å². The minimum absolute atomic E-state index is 0.0166. The van der Waals surface area contributed by atoms with Gasteiger partial charge < -0.3 is 19.5 Å². The number of rotatable bonds is 7. The van der Waals surface area contributed by atoms with Gasteiger partial charge in [-0.25, -0.2) is 4.79 Å². The standard InChI is InChI=1S/C30H29NO5S/c1-18-26(30(33)36-17-19-9-5-4-6-10-19)27(21-11-7-12-24(34-2)29(21)35-3)28-22(31-18)15-20(16-23(28)32)25-13-8-14-37-25/h4-14,20,27,31H,15-17H2,1-3H3/t20-,27-/m0/s1. The van der Waals surface area contributed by atoms with Crippen molar-refractivity contribution in [1.29, 1.82) is 0 Å². The Morgan fingerprint density at radius 3 is 2.51 bits per heavy atom. The Kier molecular flexibility index (Phi) is 7.15. The lowest BCUT2D eigenvalue weighted by Gasteiger charge is -2.37. The summed E-state index contributed by atoms with van der Waals surface area (Å²) in [5.41, 5.74) is 4.11. The molecule has 0 unspecified atom stereocenters. The summed E-state index contributed by atoms with van der Waals surface area (Å²) in [6, 6.07) is 19.2. The molecular weight excluding hydrogens is 486 g/mol. The number of Topliss-reactive ketones (excluding diaryl/α,β-unsaturated/α-hetero) is 1. The maximum Gasteiger partial charge on any atom is 0.337 e. The molecule has 2 heterocycles. The molecular formula is C30H29NO5S. The molecule has 2 atom stereocenters. The first kappa shape index (κ1) is 24.8. The van der Waals surface area contributed by atoms with Gasteiger partial charge in [0, 0.05) is 39.7 Å². The summed E-state index contributed by atoms with van der Waals surface area (Å²) in [6.07, 6.45) is 1.07. The lowest BCUT2D eigenvalue weighted by atomic mass is 9.72. The third kappa shape index (κ3) is 4.79. The number of esters is 1. The van der Waals surface area contributed by atoms with Crippen molar-refractivity contribution < 1.29 is 23.8 Å². The molecule has 1 aliphatic carbocycles. The highest BCUT2D eigenvalue weighted by atomic mass is 32.1. The van der Waals surface area contributed by atoms with E-state index in [9.17, 15) is 9.59 Å². The van der Waals surface area contributed by atoms with Crippen LogP contribution in [0.1, 0.15) is 47.6 Å². The van der Waals surface area contributed by atoms with Crippen molar-refractivity contribution in [1.82, 2.24) is 5.32 Å². The number of carbonyl (C=O) groups excluding carboxylic acids is 2. The monoisotopic (exact) mass is 515 g/mol. The van der Waals surface area contributed by atoms with Crippen LogP contribution in [0.25, 0.3) is 0 Å². The molecule has 1 N–H and O–H groups in total. The second-order valence-corrected chi connectivity index (χ2v) is 10.2. The van der Waals surface area contributed by atoms with Gasteiger partial charge >= 0.3 is 5.97 Å². The molecule has 0 bridgehead atoms. The summed E-state index contributed by atoms with van der Waals surface area (Å²) < 4.78 is 17.1. The van der Waals surface area contributed by atoms with Crippen LogP contribution in [0.2, 0.25) is 0 Å². The van der Waals surface area contributed by atoms with E-state index in [1.807, 2.05) is 60.8 Å². The molecule has 1 aliphatic heterocycles. The van der Waals surface area contributed by atoms with Crippen molar-refractivity contribution in [2.45, 2.75) is 38.2 Å². The van der Waals surface area contributed by atoms with Gasteiger partial charge in [-0.15, -0.1) is 11.3 Å². The first-order chi connectivity index (χ1) is 18.0. The Morgan fingerprint density at radius 1 is 1.00 bits per heavy atom. The van der Waals surface area contributed by atoms with E-state index in [2.05, 4.69) is 11.4 Å². The quantitative estimate of drug-likeness (QED) is 0.397. The molecule has 6 nitrogen and oxygen atoms in total. The van der Waals surface area contributed by atoms with Gasteiger partial charge in [0.1, 0.15) is 6.61 Å².